The van der Waals surface area contributed by atoms with Crippen molar-refractivity contribution in [2.24, 2.45) is 28.2 Å². The second kappa shape index (κ2) is 4.38. The van der Waals surface area contributed by atoms with E-state index in [0.29, 0.717) is 0 Å². The van der Waals surface area contributed by atoms with Crippen LogP contribution in [0.3, 0.4) is 0 Å². The Morgan fingerprint density at radius 2 is 1.58 bits per heavy atom. The van der Waals surface area contributed by atoms with Gasteiger partial charge in [0.05, 0.1) is 10.3 Å². The predicted octanol–water partition coefficient (Wildman–Crippen LogP) is 3.87. The molecule has 1 N–H and O–H groups in total. The van der Waals surface area contributed by atoms with Gasteiger partial charge in [0.1, 0.15) is 0 Å². The van der Waals surface area contributed by atoms with Crippen LogP contribution in [0.4, 0.5) is 0 Å². The van der Waals surface area contributed by atoms with Crippen LogP contribution in [0.2, 0.25) is 0 Å². The van der Waals surface area contributed by atoms with E-state index in [1.165, 1.54) is 38.5 Å². The Balaban J connectivity index is 0.00000110. The van der Waals surface area contributed by atoms with E-state index in [0.717, 1.165) is 22.8 Å². The Morgan fingerprint density at radius 3 is 1.95 bits per heavy atom. The highest BCUT2D eigenvalue weighted by molar-refractivity contribution is 8.14. The number of aliphatic imine (C=N–C) groups is 1. The van der Waals surface area contributed by atoms with Crippen LogP contribution in [-0.2, 0) is 0 Å². The molecule has 2 unspecified atom stereocenters. The number of halogens is 1. The fourth-order valence-electron chi connectivity index (χ4n) is 5.81. The summed E-state index contributed by atoms with van der Waals surface area (Å²) < 4.78 is 0. The average molecular weight is 302 g/mol. The van der Waals surface area contributed by atoms with Gasteiger partial charge in [-0.25, -0.2) is 4.99 Å². The lowest BCUT2D eigenvalue weighted by atomic mass is 9.46. The minimum Gasteiger partial charge on any atom is -0.368 e. The molecule has 1 aliphatic heterocycles. The first-order chi connectivity index (χ1) is 8.51. The fraction of sp³-hybridized carbons (Fsp3) is 0.933. The summed E-state index contributed by atoms with van der Waals surface area (Å²) in [5.41, 5.74) is -0.649. The first-order valence-electron chi connectivity index (χ1n) is 7.46. The van der Waals surface area contributed by atoms with Crippen LogP contribution in [-0.4, -0.2) is 21.1 Å². The largest absolute Gasteiger partial charge is 0.368 e. The zero-order chi connectivity index (χ0) is 12.5. The molecule has 1 heterocycles. The summed E-state index contributed by atoms with van der Waals surface area (Å²) in [6.45, 7) is 4.23. The van der Waals surface area contributed by atoms with E-state index in [-0.39, 0.29) is 23.1 Å². The fourth-order valence-corrected chi connectivity index (χ4v) is 6.98. The van der Waals surface area contributed by atoms with Crippen molar-refractivity contribution < 1.29 is 5.11 Å². The molecule has 5 rings (SSSR count). The molecule has 4 saturated carbocycles. The lowest BCUT2D eigenvalue weighted by Crippen LogP contribution is -2.60. The third kappa shape index (κ3) is 1.84. The maximum Gasteiger partial charge on any atom is 0.174 e. The maximum atomic E-state index is 11.3. The van der Waals surface area contributed by atoms with Crippen LogP contribution < -0.4 is 0 Å². The summed E-state index contributed by atoms with van der Waals surface area (Å²) in [5.74, 6) is 2.65. The standard InChI is InChI=1S/C15H23NOS.ClH/c1-9-15(17,16-10(2)18-9)14-6-11-3-12(7-14)5-13(4-11)8-14;/h9,11-13,17H,3-8H2,1-2H3;1H. The number of hydrogen-bond donors (Lipinski definition) is 1. The van der Waals surface area contributed by atoms with Crippen LogP contribution in [0.1, 0.15) is 52.4 Å². The third-order valence-electron chi connectivity index (χ3n) is 6.06. The summed E-state index contributed by atoms with van der Waals surface area (Å²) in [5, 5.41) is 12.6. The molecule has 0 saturated heterocycles. The van der Waals surface area contributed by atoms with E-state index >= 15 is 0 Å². The van der Waals surface area contributed by atoms with Crippen LogP contribution in [0.25, 0.3) is 0 Å². The van der Waals surface area contributed by atoms with Crippen molar-refractivity contribution in [1.82, 2.24) is 0 Å². The predicted molar refractivity (Wildman–Crippen MR) is 83.0 cm³/mol. The topological polar surface area (TPSA) is 32.6 Å². The van der Waals surface area contributed by atoms with Crippen molar-refractivity contribution in [1.29, 1.82) is 0 Å². The first kappa shape index (κ1) is 14.2. The second-order valence-electron chi connectivity index (χ2n) is 7.31. The number of rotatable bonds is 1. The molecule has 0 aromatic heterocycles. The molecular weight excluding hydrogens is 278 g/mol. The van der Waals surface area contributed by atoms with Gasteiger partial charge in [-0.1, -0.05) is 0 Å². The van der Waals surface area contributed by atoms with E-state index in [4.69, 9.17) is 4.99 Å². The number of aliphatic hydroxyl groups is 1. The SMILES string of the molecule is CC1=NC(O)(C23CC4CC(CC(C4)C2)C3)C(C)S1.Cl. The molecule has 4 aliphatic carbocycles. The molecule has 4 fully saturated rings. The molecular formula is C15H24ClNOS. The lowest BCUT2D eigenvalue weighted by Gasteiger charge is -2.61. The molecule has 0 aromatic rings. The van der Waals surface area contributed by atoms with E-state index in [9.17, 15) is 5.11 Å². The van der Waals surface area contributed by atoms with E-state index < -0.39 is 5.72 Å². The van der Waals surface area contributed by atoms with Gasteiger partial charge in [0.15, 0.2) is 5.72 Å². The molecule has 2 nitrogen and oxygen atoms in total. The Labute approximate surface area is 126 Å². The molecule has 2 atom stereocenters. The second-order valence-corrected chi connectivity index (χ2v) is 8.85. The molecule has 0 amide bonds. The summed E-state index contributed by atoms with van der Waals surface area (Å²) in [4.78, 5) is 4.73. The van der Waals surface area contributed by atoms with Gasteiger partial charge >= 0.3 is 0 Å². The quantitative estimate of drug-likeness (QED) is 0.797. The Morgan fingerprint density at radius 1 is 1.11 bits per heavy atom. The minimum absolute atomic E-state index is 0. The molecule has 108 valence electrons. The molecule has 0 radical (unpaired) electrons. The van der Waals surface area contributed by atoms with Crippen LogP contribution >= 0.6 is 24.2 Å². The highest BCUT2D eigenvalue weighted by Crippen LogP contribution is 2.66. The van der Waals surface area contributed by atoms with Gasteiger partial charge in [-0.3, -0.25) is 0 Å². The van der Waals surface area contributed by atoms with Crippen molar-refractivity contribution in [3.8, 4) is 0 Å². The van der Waals surface area contributed by atoms with Crippen molar-refractivity contribution in [2.75, 3.05) is 0 Å². The van der Waals surface area contributed by atoms with Crippen molar-refractivity contribution in [3.63, 3.8) is 0 Å². The van der Waals surface area contributed by atoms with Gasteiger partial charge in [-0.15, -0.1) is 24.2 Å². The Kier molecular flexibility index (Phi) is 3.28. The summed E-state index contributed by atoms with van der Waals surface area (Å²) >= 11 is 1.78. The number of nitrogens with zero attached hydrogens (tertiary/aromatic N) is 1. The molecule has 0 spiro atoms. The molecule has 4 bridgehead atoms. The third-order valence-corrected chi connectivity index (χ3v) is 7.18. The normalized spacial score (nSPS) is 55.0. The summed E-state index contributed by atoms with van der Waals surface area (Å²) in [7, 11) is 0. The Hall–Kier alpha value is 0.270. The minimum atomic E-state index is -0.766. The first-order valence-corrected chi connectivity index (χ1v) is 8.34. The number of hydrogen-bond acceptors (Lipinski definition) is 3. The van der Waals surface area contributed by atoms with Gasteiger partial charge in [0.25, 0.3) is 0 Å². The highest BCUT2D eigenvalue weighted by atomic mass is 35.5. The molecule has 4 heteroatoms. The van der Waals surface area contributed by atoms with E-state index in [2.05, 4.69) is 13.8 Å². The van der Waals surface area contributed by atoms with Gasteiger partial charge in [0, 0.05) is 5.41 Å². The molecule has 0 aromatic carbocycles. The Bertz CT molecular complexity index is 389. The summed E-state index contributed by atoms with van der Waals surface area (Å²) in [6.07, 6.45) is 7.99. The van der Waals surface area contributed by atoms with Crippen molar-refractivity contribution >= 4 is 29.2 Å². The van der Waals surface area contributed by atoms with Crippen molar-refractivity contribution in [3.05, 3.63) is 0 Å². The molecule has 19 heavy (non-hydrogen) atoms. The van der Waals surface area contributed by atoms with Gasteiger partial charge in [-0.2, -0.15) is 0 Å². The average Bonchev–Trinajstić information content (AvgIpc) is 2.52. The van der Waals surface area contributed by atoms with Gasteiger partial charge < -0.3 is 5.11 Å². The molecule has 5 aliphatic rings. The van der Waals surface area contributed by atoms with Crippen LogP contribution in [0, 0.1) is 23.2 Å². The smallest absolute Gasteiger partial charge is 0.174 e. The van der Waals surface area contributed by atoms with Gasteiger partial charge in [0.2, 0.25) is 0 Å². The summed E-state index contributed by atoms with van der Waals surface area (Å²) in [6, 6.07) is 0. The van der Waals surface area contributed by atoms with Crippen LogP contribution in [0.15, 0.2) is 4.99 Å². The van der Waals surface area contributed by atoms with Gasteiger partial charge in [-0.05, 0) is 70.1 Å². The number of thioether (sulfide) groups is 1. The van der Waals surface area contributed by atoms with Crippen LogP contribution in [0.5, 0.6) is 0 Å². The maximum absolute atomic E-state index is 11.3. The highest BCUT2D eigenvalue weighted by Gasteiger charge is 2.63. The monoisotopic (exact) mass is 301 g/mol. The zero-order valence-electron chi connectivity index (χ0n) is 11.8. The van der Waals surface area contributed by atoms with E-state index in [1.54, 1.807) is 11.8 Å². The van der Waals surface area contributed by atoms with E-state index in [1.807, 2.05) is 0 Å². The zero-order valence-corrected chi connectivity index (χ0v) is 13.4. The lowest BCUT2D eigenvalue weighted by molar-refractivity contribution is -0.172. The van der Waals surface area contributed by atoms with Crippen molar-refractivity contribution in [2.45, 2.75) is 63.3 Å².